The molecule has 1 aromatic carbocycles. The van der Waals surface area contributed by atoms with E-state index in [1.165, 1.54) is 6.42 Å². The van der Waals surface area contributed by atoms with E-state index < -0.39 is 11.2 Å². The molecule has 3 atom stereocenters. The van der Waals surface area contributed by atoms with Crippen LogP contribution < -0.4 is 14.5 Å². The molecule has 0 saturated heterocycles. The average molecular weight is 515 g/mol. The highest BCUT2D eigenvalue weighted by molar-refractivity contribution is 7.80. The van der Waals surface area contributed by atoms with Crippen molar-refractivity contribution in [3.8, 4) is 11.5 Å². The number of benzene rings is 1. The summed E-state index contributed by atoms with van der Waals surface area (Å²) in [6.45, 7) is 3.83. The van der Waals surface area contributed by atoms with Gasteiger partial charge in [-0.1, -0.05) is 39.0 Å². The van der Waals surface area contributed by atoms with Gasteiger partial charge >= 0.3 is 0 Å². The van der Waals surface area contributed by atoms with Crippen molar-refractivity contribution in [1.82, 2.24) is 13.0 Å². The van der Waals surface area contributed by atoms with Gasteiger partial charge in [0.05, 0.1) is 20.3 Å². The van der Waals surface area contributed by atoms with E-state index in [0.717, 1.165) is 68.6 Å². The van der Waals surface area contributed by atoms with E-state index in [0.29, 0.717) is 25.5 Å². The number of hydroxylamine groups is 2. The minimum atomic E-state index is -1.36. The first kappa shape index (κ1) is 27.1. The second-order valence-electron chi connectivity index (χ2n) is 8.89. The standard InChI is InChI=1S/C24H39ClN4O4S/c1-4-5-6-9-12-23-28(25)22-19-26(2)34(31)27(24(22)29(23)30)17-10-7-8-11-18-33-21-15-13-20(32-3)14-16-21/h13-16,23,29H,4-12,17-19H2,1-3H3. The maximum Gasteiger partial charge on any atom is 0.239 e. The van der Waals surface area contributed by atoms with Crippen LogP contribution in [0, 0.1) is 5.21 Å². The second kappa shape index (κ2) is 13.5. The van der Waals surface area contributed by atoms with Crippen molar-refractivity contribution < 1.29 is 18.7 Å². The number of ether oxygens (including phenoxy) is 2. The summed E-state index contributed by atoms with van der Waals surface area (Å²) in [7, 11) is 3.46. The molecule has 1 aromatic rings. The fraction of sp³-hybridized carbons (Fsp3) is 0.667. The van der Waals surface area contributed by atoms with E-state index >= 15 is 0 Å². The minimum Gasteiger partial charge on any atom is -0.626 e. The van der Waals surface area contributed by atoms with E-state index in [1.807, 2.05) is 31.3 Å². The van der Waals surface area contributed by atoms with E-state index in [9.17, 15) is 9.42 Å². The summed E-state index contributed by atoms with van der Waals surface area (Å²) in [6.07, 6.45) is 8.59. The van der Waals surface area contributed by atoms with Crippen LogP contribution in [0.1, 0.15) is 64.7 Å². The summed E-state index contributed by atoms with van der Waals surface area (Å²) in [6, 6.07) is 7.58. The lowest BCUT2D eigenvalue weighted by Crippen LogP contribution is -3.10. The van der Waals surface area contributed by atoms with Crippen molar-refractivity contribution in [2.45, 2.75) is 70.9 Å². The Morgan fingerprint density at radius 1 is 1.09 bits per heavy atom. The monoisotopic (exact) mass is 514 g/mol. The lowest BCUT2D eigenvalue weighted by atomic mass is 10.1. The number of hydrogen-bond acceptors (Lipinski definition) is 5. The van der Waals surface area contributed by atoms with Crippen LogP contribution >= 0.6 is 11.8 Å². The molecular weight excluding hydrogens is 476 g/mol. The van der Waals surface area contributed by atoms with Gasteiger partial charge in [-0.25, -0.2) is 17.2 Å². The molecule has 0 amide bonds. The van der Waals surface area contributed by atoms with Crippen molar-refractivity contribution in [3.05, 3.63) is 41.0 Å². The zero-order valence-electron chi connectivity index (χ0n) is 20.6. The molecule has 2 aliphatic heterocycles. The number of nitrogens with one attached hydrogen (secondary N) is 1. The van der Waals surface area contributed by atoms with E-state index in [4.69, 9.17) is 21.3 Å². The molecule has 0 aromatic heterocycles. The third-order valence-corrected chi connectivity index (χ3v) is 8.18. The molecule has 0 fully saturated rings. The molecule has 0 saturated carbocycles. The lowest BCUT2D eigenvalue weighted by Gasteiger charge is -2.35. The van der Waals surface area contributed by atoms with Gasteiger partial charge in [0, 0.05) is 31.8 Å². The van der Waals surface area contributed by atoms with Crippen LogP contribution in [-0.4, -0.2) is 57.3 Å². The molecule has 3 unspecified atom stereocenters. The minimum absolute atomic E-state index is 0.0239. The van der Waals surface area contributed by atoms with Crippen LogP contribution in [0.25, 0.3) is 0 Å². The number of nitrogens with zero attached hydrogens (tertiary/aromatic N) is 3. The number of likely N-dealkylation sites (N-methyl/N-ethyl adjacent to an activating group) is 1. The third-order valence-electron chi connectivity index (χ3n) is 6.33. The molecule has 0 aliphatic carbocycles. The third kappa shape index (κ3) is 6.79. The summed E-state index contributed by atoms with van der Waals surface area (Å²) in [5, 5.41) is 13.2. The van der Waals surface area contributed by atoms with Gasteiger partial charge < -0.3 is 19.7 Å². The Hall–Kier alpha value is -1.52. The van der Waals surface area contributed by atoms with Crippen molar-refractivity contribution in [2.24, 2.45) is 0 Å². The number of halogens is 1. The van der Waals surface area contributed by atoms with Gasteiger partial charge in [0.15, 0.2) is 6.17 Å². The predicted octanol–water partition coefficient (Wildman–Crippen LogP) is 3.78. The van der Waals surface area contributed by atoms with Crippen molar-refractivity contribution in [3.63, 3.8) is 0 Å². The molecule has 0 bridgehead atoms. The molecule has 1 N–H and O–H groups in total. The van der Waals surface area contributed by atoms with Crippen LogP contribution in [0.2, 0.25) is 0 Å². The Morgan fingerprint density at radius 3 is 2.47 bits per heavy atom. The van der Waals surface area contributed by atoms with Crippen LogP contribution in [-0.2, 0) is 11.2 Å². The summed E-state index contributed by atoms with van der Waals surface area (Å²) in [5.41, 5.74) is 0.794. The van der Waals surface area contributed by atoms with Gasteiger partial charge in [0.2, 0.25) is 17.0 Å². The van der Waals surface area contributed by atoms with E-state index in [-0.39, 0.29) is 11.2 Å². The Labute approximate surface area is 211 Å². The number of hydrogen-bond donors (Lipinski definition) is 1. The number of rotatable bonds is 14. The summed E-state index contributed by atoms with van der Waals surface area (Å²) in [5.74, 6) is 2.21. The molecule has 8 nitrogen and oxygen atoms in total. The summed E-state index contributed by atoms with van der Waals surface area (Å²) < 4.78 is 29.0. The Morgan fingerprint density at radius 2 is 1.76 bits per heavy atom. The molecule has 192 valence electrons. The normalized spacial score (nSPS) is 22.9. The molecule has 3 rings (SSSR count). The SMILES string of the molecule is CCCCCCC1N(Cl)C2=C(N(CCCCCCOc3ccc(OC)cc3)S(=O)N(C)C2)[NH+]1[O-]. The predicted molar refractivity (Wildman–Crippen MR) is 136 cm³/mol. The second-order valence-corrected chi connectivity index (χ2v) is 10.8. The maximum absolute atomic E-state index is 13.2. The first-order chi connectivity index (χ1) is 16.5. The molecule has 0 radical (unpaired) electrons. The van der Waals surface area contributed by atoms with Crippen molar-refractivity contribution >= 4 is 22.9 Å². The van der Waals surface area contributed by atoms with Gasteiger partial charge in [-0.05, 0) is 43.5 Å². The zero-order valence-corrected chi connectivity index (χ0v) is 22.2. The first-order valence-corrected chi connectivity index (χ1v) is 13.8. The van der Waals surface area contributed by atoms with Crippen LogP contribution in [0.3, 0.4) is 0 Å². The summed E-state index contributed by atoms with van der Waals surface area (Å²) in [4.78, 5) is 0. The van der Waals surface area contributed by atoms with Gasteiger partial charge in [-0.2, -0.15) is 0 Å². The molecule has 10 heteroatoms. The highest BCUT2D eigenvalue weighted by Crippen LogP contribution is 2.30. The number of methoxy groups -OCH3 is 1. The quantitative estimate of drug-likeness (QED) is 0.232. The molecular formula is C24H39ClN4O4S. The fourth-order valence-electron chi connectivity index (χ4n) is 4.39. The lowest BCUT2D eigenvalue weighted by molar-refractivity contribution is -0.844. The van der Waals surface area contributed by atoms with E-state index in [1.54, 1.807) is 20.1 Å². The fourth-order valence-corrected chi connectivity index (χ4v) is 5.91. The van der Waals surface area contributed by atoms with Gasteiger partial charge in [0.1, 0.15) is 17.2 Å². The van der Waals surface area contributed by atoms with Crippen LogP contribution in [0.15, 0.2) is 35.8 Å². The zero-order chi connectivity index (χ0) is 24.5. The number of unbranched alkanes of at least 4 members (excludes halogenated alkanes) is 6. The first-order valence-electron chi connectivity index (χ1n) is 12.4. The van der Waals surface area contributed by atoms with Crippen molar-refractivity contribution in [2.75, 3.05) is 33.9 Å². The number of quaternary nitrogens is 1. The topological polar surface area (TPSA) is 72.8 Å². The van der Waals surface area contributed by atoms with E-state index in [2.05, 4.69) is 6.92 Å². The van der Waals surface area contributed by atoms with Gasteiger partial charge in [-0.15, -0.1) is 0 Å². The van der Waals surface area contributed by atoms with Gasteiger partial charge in [0.25, 0.3) is 0 Å². The molecule has 34 heavy (non-hydrogen) atoms. The smallest absolute Gasteiger partial charge is 0.239 e. The largest absolute Gasteiger partial charge is 0.626 e. The van der Waals surface area contributed by atoms with Crippen LogP contribution in [0.5, 0.6) is 11.5 Å². The molecule has 2 aliphatic rings. The highest BCUT2D eigenvalue weighted by atomic mass is 35.5. The summed E-state index contributed by atoms with van der Waals surface area (Å²) >= 11 is 5.24. The Balaban J connectivity index is 1.44. The molecule has 0 spiro atoms. The highest BCUT2D eigenvalue weighted by Gasteiger charge is 2.46. The molecule has 2 heterocycles. The Bertz CT molecular complexity index is 826. The Kier molecular flexibility index (Phi) is 10.8. The van der Waals surface area contributed by atoms with Crippen LogP contribution in [0.4, 0.5) is 0 Å². The maximum atomic E-state index is 13.2. The van der Waals surface area contributed by atoms with Gasteiger partial charge in [-0.3, -0.25) is 0 Å². The van der Waals surface area contributed by atoms with Crippen molar-refractivity contribution in [1.29, 1.82) is 0 Å². The average Bonchev–Trinajstić information content (AvgIpc) is 3.07.